The van der Waals surface area contributed by atoms with E-state index in [-0.39, 0.29) is 5.43 Å². The highest BCUT2D eigenvalue weighted by atomic mass is 16.1. The van der Waals surface area contributed by atoms with E-state index in [1.165, 1.54) is 12.3 Å². The van der Waals surface area contributed by atoms with Gasteiger partial charge in [0.2, 0.25) is 0 Å². The number of tetrazole rings is 1. The van der Waals surface area contributed by atoms with Crippen LogP contribution >= 0.6 is 0 Å². The van der Waals surface area contributed by atoms with Crippen molar-refractivity contribution in [1.29, 1.82) is 0 Å². The predicted molar refractivity (Wildman–Crippen MR) is 55.1 cm³/mol. The normalized spacial score (nSPS) is 10.8. The van der Waals surface area contributed by atoms with Gasteiger partial charge < -0.3 is 0 Å². The van der Waals surface area contributed by atoms with Crippen molar-refractivity contribution in [2.24, 2.45) is 0 Å². The van der Waals surface area contributed by atoms with Gasteiger partial charge in [0, 0.05) is 24.7 Å². The zero-order valence-electron chi connectivity index (χ0n) is 8.03. The number of aromatic nitrogens is 6. The van der Waals surface area contributed by atoms with Crippen molar-refractivity contribution in [1.82, 2.24) is 30.2 Å². The Kier molecular flexibility index (Phi) is 1.76. The van der Waals surface area contributed by atoms with Gasteiger partial charge in [-0.2, -0.15) is 0 Å². The monoisotopic (exact) mass is 214 g/mol. The number of hydrogen-bond acceptors (Lipinski definition) is 5. The van der Waals surface area contributed by atoms with Gasteiger partial charge >= 0.3 is 0 Å². The summed E-state index contributed by atoms with van der Waals surface area (Å²) in [6, 6.07) is 3.19. The van der Waals surface area contributed by atoms with E-state index in [1.807, 2.05) is 0 Å². The van der Waals surface area contributed by atoms with Crippen molar-refractivity contribution in [2.45, 2.75) is 0 Å². The number of aromatic amines is 1. The summed E-state index contributed by atoms with van der Waals surface area (Å²) in [6.07, 6.45) is 4.76. The van der Waals surface area contributed by atoms with Gasteiger partial charge in [0.1, 0.15) is 0 Å². The molecular weight excluding hydrogens is 208 g/mol. The summed E-state index contributed by atoms with van der Waals surface area (Å²) in [4.78, 5) is 15.5. The van der Waals surface area contributed by atoms with Crippen molar-refractivity contribution >= 4 is 10.9 Å². The molecule has 0 aliphatic carbocycles. The maximum absolute atomic E-state index is 11.6. The molecule has 0 bridgehead atoms. The van der Waals surface area contributed by atoms with Crippen LogP contribution in [0.2, 0.25) is 0 Å². The van der Waals surface area contributed by atoms with Gasteiger partial charge in [-0.05, 0) is 16.5 Å². The Bertz CT molecular complexity index is 687. The van der Waals surface area contributed by atoms with Crippen LogP contribution in [0.25, 0.3) is 16.9 Å². The number of fused-ring (bicyclic) bond motifs is 1. The summed E-state index contributed by atoms with van der Waals surface area (Å²) in [5.41, 5.74) is 0.632. The quantitative estimate of drug-likeness (QED) is 0.610. The summed E-state index contributed by atoms with van der Waals surface area (Å²) < 4.78 is 1.69. The van der Waals surface area contributed by atoms with E-state index >= 15 is 0 Å². The molecule has 0 spiro atoms. The molecule has 3 heterocycles. The first-order valence-electron chi connectivity index (χ1n) is 4.56. The molecule has 0 unspecified atom stereocenters. The molecule has 0 aliphatic rings. The molecule has 78 valence electrons. The van der Waals surface area contributed by atoms with Crippen molar-refractivity contribution in [3.63, 3.8) is 0 Å². The molecule has 0 saturated carbocycles. The summed E-state index contributed by atoms with van der Waals surface area (Å²) in [7, 11) is 0. The van der Waals surface area contributed by atoms with Crippen molar-refractivity contribution in [3.05, 3.63) is 40.9 Å². The Labute approximate surface area is 88.8 Å². The maximum Gasteiger partial charge on any atom is 0.251 e. The first-order valence-corrected chi connectivity index (χ1v) is 4.56. The summed E-state index contributed by atoms with van der Waals surface area (Å²) in [5, 5.41) is 13.9. The molecule has 0 atom stereocenters. The molecule has 1 N–H and O–H groups in total. The lowest BCUT2D eigenvalue weighted by atomic mass is 10.2. The molecule has 0 aliphatic heterocycles. The Morgan fingerprint density at radius 3 is 3.06 bits per heavy atom. The largest absolute Gasteiger partial charge is 0.289 e. The van der Waals surface area contributed by atoms with E-state index in [0.717, 1.165) is 0 Å². The third-order valence-corrected chi connectivity index (χ3v) is 2.26. The predicted octanol–water partition coefficient (Wildman–Crippen LogP) is -0.101. The minimum atomic E-state index is -0.0770. The lowest BCUT2D eigenvalue weighted by Crippen LogP contribution is -2.07. The van der Waals surface area contributed by atoms with E-state index in [4.69, 9.17) is 0 Å². The topological polar surface area (TPSA) is 89.4 Å². The fraction of sp³-hybridized carbons (Fsp3) is 0. The van der Waals surface area contributed by atoms with Crippen LogP contribution in [0.5, 0.6) is 0 Å². The van der Waals surface area contributed by atoms with Crippen molar-refractivity contribution in [3.8, 4) is 5.95 Å². The Hall–Kier alpha value is -2.57. The van der Waals surface area contributed by atoms with Crippen LogP contribution in [0.15, 0.2) is 35.5 Å². The summed E-state index contributed by atoms with van der Waals surface area (Å²) >= 11 is 0. The molecule has 16 heavy (non-hydrogen) atoms. The molecule has 0 saturated heterocycles. The first-order chi connectivity index (χ1) is 7.86. The van der Waals surface area contributed by atoms with Crippen LogP contribution in [0.1, 0.15) is 0 Å². The average molecular weight is 214 g/mol. The first kappa shape index (κ1) is 8.72. The molecular formula is C9H6N6O. The molecule has 7 nitrogen and oxygen atoms in total. The lowest BCUT2D eigenvalue weighted by Gasteiger charge is -2.04. The highest BCUT2D eigenvalue weighted by Crippen LogP contribution is 2.10. The molecule has 0 aromatic carbocycles. The fourth-order valence-corrected chi connectivity index (χ4v) is 1.54. The molecule has 3 rings (SSSR count). The van der Waals surface area contributed by atoms with Gasteiger partial charge in [0.15, 0.2) is 5.43 Å². The average Bonchev–Trinajstić information content (AvgIpc) is 2.83. The lowest BCUT2D eigenvalue weighted by molar-refractivity contribution is 0.881. The number of rotatable bonds is 1. The Morgan fingerprint density at radius 2 is 2.25 bits per heavy atom. The molecule has 3 aromatic heterocycles. The third-order valence-electron chi connectivity index (χ3n) is 2.26. The van der Waals surface area contributed by atoms with E-state index in [9.17, 15) is 4.79 Å². The van der Waals surface area contributed by atoms with Gasteiger partial charge in [-0.1, -0.05) is 5.10 Å². The fourth-order valence-electron chi connectivity index (χ4n) is 1.54. The minimum absolute atomic E-state index is 0.0770. The van der Waals surface area contributed by atoms with Crippen LogP contribution in [-0.2, 0) is 0 Å². The van der Waals surface area contributed by atoms with E-state index in [2.05, 4.69) is 25.6 Å². The standard InChI is InChI=1S/C9H6N6O/c16-8-2-4-15(9-11-13-14-12-9)7-1-3-10-5-6(7)8/h1-5H,(H,11,12,13,14). The number of H-pyrrole nitrogens is 1. The van der Waals surface area contributed by atoms with E-state index < -0.39 is 0 Å². The number of nitrogens with one attached hydrogen (secondary N) is 1. The van der Waals surface area contributed by atoms with Gasteiger partial charge in [0.25, 0.3) is 5.95 Å². The summed E-state index contributed by atoms with van der Waals surface area (Å²) in [6.45, 7) is 0. The smallest absolute Gasteiger partial charge is 0.251 e. The van der Waals surface area contributed by atoms with Crippen LogP contribution in [0.3, 0.4) is 0 Å². The highest BCUT2D eigenvalue weighted by Gasteiger charge is 2.06. The van der Waals surface area contributed by atoms with Crippen molar-refractivity contribution < 1.29 is 0 Å². The van der Waals surface area contributed by atoms with Gasteiger partial charge in [0.05, 0.1) is 10.9 Å². The number of hydrogen-bond donors (Lipinski definition) is 1. The second-order valence-electron chi connectivity index (χ2n) is 3.17. The molecule has 0 amide bonds. The van der Waals surface area contributed by atoms with Gasteiger partial charge in [-0.25, -0.2) is 5.10 Å². The Morgan fingerprint density at radius 1 is 1.31 bits per heavy atom. The third kappa shape index (κ3) is 1.18. The Balaban J connectivity index is 2.43. The van der Waals surface area contributed by atoms with Crippen LogP contribution < -0.4 is 5.43 Å². The molecule has 7 heteroatoms. The van der Waals surface area contributed by atoms with Crippen LogP contribution in [-0.4, -0.2) is 30.2 Å². The SMILES string of the molecule is O=c1ccn(-c2nnn[nH]2)c2ccncc12. The minimum Gasteiger partial charge on any atom is -0.289 e. The van der Waals surface area contributed by atoms with Crippen molar-refractivity contribution in [2.75, 3.05) is 0 Å². The zero-order chi connectivity index (χ0) is 11.0. The zero-order valence-corrected chi connectivity index (χ0v) is 8.03. The highest BCUT2D eigenvalue weighted by molar-refractivity contribution is 5.78. The number of nitrogens with zero attached hydrogens (tertiary/aromatic N) is 5. The van der Waals surface area contributed by atoms with E-state index in [1.54, 1.807) is 23.0 Å². The maximum atomic E-state index is 11.6. The van der Waals surface area contributed by atoms with Gasteiger partial charge in [-0.15, -0.1) is 0 Å². The number of pyridine rings is 2. The molecule has 0 radical (unpaired) electrons. The molecule has 3 aromatic rings. The second kappa shape index (κ2) is 3.23. The molecule has 0 fully saturated rings. The van der Waals surface area contributed by atoms with Crippen LogP contribution in [0, 0.1) is 0 Å². The summed E-state index contributed by atoms with van der Waals surface area (Å²) in [5.74, 6) is 0.455. The second-order valence-corrected chi connectivity index (χ2v) is 3.17. The van der Waals surface area contributed by atoms with Crippen LogP contribution in [0.4, 0.5) is 0 Å². The van der Waals surface area contributed by atoms with E-state index in [0.29, 0.717) is 16.9 Å². The van der Waals surface area contributed by atoms with Gasteiger partial charge in [-0.3, -0.25) is 14.3 Å².